The highest BCUT2D eigenvalue weighted by Crippen LogP contribution is 2.04. The molecule has 1 rings (SSSR count). The largest absolute Gasteiger partial charge is 0.315 e. The van der Waals surface area contributed by atoms with Gasteiger partial charge in [0.2, 0.25) is 0 Å². The summed E-state index contributed by atoms with van der Waals surface area (Å²) in [5.41, 5.74) is 2.65. The molecule has 11 heavy (non-hydrogen) atoms. The maximum absolute atomic E-state index is 4.95. The second kappa shape index (κ2) is 4.72. The molecular formula is C9H11IO. The standard InChI is InChI=1S/C9H11IO/c1-8-2-4-9(5-3-8)6-7-11-10/h2-5H,6-7H2,1H3. The zero-order chi connectivity index (χ0) is 8.10. The molecule has 0 spiro atoms. The smallest absolute Gasteiger partial charge is 0.109 e. The molecule has 1 nitrogen and oxygen atoms in total. The molecule has 2 heteroatoms. The molecule has 0 radical (unpaired) electrons. The third-order valence-electron chi connectivity index (χ3n) is 1.59. The molecule has 0 bridgehead atoms. The first-order valence-electron chi connectivity index (χ1n) is 3.62. The normalized spacial score (nSPS) is 10.0. The van der Waals surface area contributed by atoms with Gasteiger partial charge in [0.25, 0.3) is 0 Å². The van der Waals surface area contributed by atoms with Gasteiger partial charge in [-0.15, -0.1) is 0 Å². The number of hydrogen-bond donors (Lipinski definition) is 0. The summed E-state index contributed by atoms with van der Waals surface area (Å²) in [6.07, 6.45) is 1.00. The number of hydrogen-bond acceptors (Lipinski definition) is 1. The van der Waals surface area contributed by atoms with Crippen LogP contribution in [-0.2, 0) is 9.49 Å². The van der Waals surface area contributed by atoms with E-state index in [-0.39, 0.29) is 0 Å². The Bertz CT molecular complexity index is 205. The van der Waals surface area contributed by atoms with Crippen molar-refractivity contribution >= 4 is 23.0 Å². The summed E-state index contributed by atoms with van der Waals surface area (Å²) >= 11 is 1.92. The van der Waals surface area contributed by atoms with Gasteiger partial charge < -0.3 is 3.07 Å². The Hall–Kier alpha value is -0.0900. The molecule has 1 aromatic rings. The predicted molar refractivity (Wildman–Crippen MR) is 54.9 cm³/mol. The molecule has 0 aliphatic heterocycles. The minimum atomic E-state index is 0.795. The lowest BCUT2D eigenvalue weighted by Crippen LogP contribution is -1.90. The second-order valence-corrected chi connectivity index (χ2v) is 3.17. The summed E-state index contributed by atoms with van der Waals surface area (Å²) in [5.74, 6) is 0. The quantitative estimate of drug-likeness (QED) is 0.761. The first-order chi connectivity index (χ1) is 5.33. The van der Waals surface area contributed by atoms with E-state index in [0.717, 1.165) is 13.0 Å². The molecule has 60 valence electrons. The molecule has 0 saturated carbocycles. The highest BCUT2D eigenvalue weighted by Gasteiger charge is 1.90. The van der Waals surface area contributed by atoms with E-state index in [0.29, 0.717) is 0 Å². The minimum absolute atomic E-state index is 0.795. The van der Waals surface area contributed by atoms with Gasteiger partial charge >= 0.3 is 0 Å². The lowest BCUT2D eigenvalue weighted by Gasteiger charge is -1.98. The summed E-state index contributed by atoms with van der Waals surface area (Å²) in [6.45, 7) is 2.89. The Morgan fingerprint density at radius 3 is 2.45 bits per heavy atom. The summed E-state index contributed by atoms with van der Waals surface area (Å²) in [7, 11) is 0. The number of benzene rings is 1. The molecular weight excluding hydrogens is 251 g/mol. The van der Waals surface area contributed by atoms with Crippen LogP contribution in [0, 0.1) is 6.92 Å². The zero-order valence-corrected chi connectivity index (χ0v) is 8.67. The van der Waals surface area contributed by atoms with Crippen LogP contribution in [0.2, 0.25) is 0 Å². The Kier molecular flexibility index (Phi) is 3.86. The van der Waals surface area contributed by atoms with Gasteiger partial charge in [-0.2, -0.15) is 0 Å². The van der Waals surface area contributed by atoms with E-state index >= 15 is 0 Å². The molecule has 0 saturated heterocycles. The molecule has 0 fully saturated rings. The van der Waals surface area contributed by atoms with Crippen LogP contribution in [0.25, 0.3) is 0 Å². The fraction of sp³-hybridized carbons (Fsp3) is 0.333. The third-order valence-corrected chi connectivity index (χ3v) is 2.03. The van der Waals surface area contributed by atoms with Gasteiger partial charge in [0.15, 0.2) is 0 Å². The topological polar surface area (TPSA) is 9.23 Å². The van der Waals surface area contributed by atoms with E-state index < -0.39 is 0 Å². The van der Waals surface area contributed by atoms with Crippen LogP contribution >= 0.6 is 23.0 Å². The minimum Gasteiger partial charge on any atom is -0.315 e. The van der Waals surface area contributed by atoms with E-state index in [1.807, 2.05) is 23.0 Å². The predicted octanol–water partition coefficient (Wildman–Crippen LogP) is 2.90. The van der Waals surface area contributed by atoms with E-state index in [4.69, 9.17) is 3.07 Å². The zero-order valence-electron chi connectivity index (χ0n) is 6.51. The molecule has 0 aliphatic rings. The number of aryl methyl sites for hydroxylation is 1. The Balaban J connectivity index is 2.52. The molecule has 0 aromatic heterocycles. The fourth-order valence-corrected chi connectivity index (χ4v) is 1.13. The molecule has 1 aromatic carbocycles. The molecule has 0 amide bonds. The summed E-state index contributed by atoms with van der Waals surface area (Å²) in [4.78, 5) is 0. The average Bonchev–Trinajstić information content (AvgIpc) is 2.04. The molecule has 0 atom stereocenters. The van der Waals surface area contributed by atoms with Crippen LogP contribution in [-0.4, -0.2) is 6.61 Å². The van der Waals surface area contributed by atoms with Crippen molar-refractivity contribution < 1.29 is 3.07 Å². The molecule has 0 aliphatic carbocycles. The van der Waals surface area contributed by atoms with Crippen LogP contribution in [0.3, 0.4) is 0 Å². The van der Waals surface area contributed by atoms with Crippen LogP contribution in [0.1, 0.15) is 11.1 Å². The first-order valence-corrected chi connectivity index (χ1v) is 4.50. The number of rotatable bonds is 3. The summed E-state index contributed by atoms with van der Waals surface area (Å²) in [5, 5.41) is 0. The van der Waals surface area contributed by atoms with Crippen LogP contribution in [0.15, 0.2) is 24.3 Å². The van der Waals surface area contributed by atoms with Gasteiger partial charge in [0.1, 0.15) is 23.0 Å². The van der Waals surface area contributed by atoms with Gasteiger partial charge in [-0.1, -0.05) is 29.8 Å². The summed E-state index contributed by atoms with van der Waals surface area (Å²) in [6, 6.07) is 8.54. The van der Waals surface area contributed by atoms with Crippen LogP contribution in [0.5, 0.6) is 0 Å². The maximum atomic E-state index is 4.95. The van der Waals surface area contributed by atoms with Crippen molar-refractivity contribution in [2.75, 3.05) is 6.61 Å². The summed E-state index contributed by atoms with van der Waals surface area (Å²) < 4.78 is 4.95. The van der Waals surface area contributed by atoms with E-state index in [1.165, 1.54) is 11.1 Å². The Morgan fingerprint density at radius 2 is 1.91 bits per heavy atom. The second-order valence-electron chi connectivity index (χ2n) is 2.55. The van der Waals surface area contributed by atoms with Gasteiger partial charge in [0, 0.05) is 0 Å². The lowest BCUT2D eigenvalue weighted by atomic mass is 10.1. The van der Waals surface area contributed by atoms with Gasteiger partial charge in [-0.25, -0.2) is 0 Å². The Morgan fingerprint density at radius 1 is 1.27 bits per heavy atom. The highest BCUT2D eigenvalue weighted by atomic mass is 127. The SMILES string of the molecule is Cc1ccc(CCOI)cc1. The van der Waals surface area contributed by atoms with Crippen molar-refractivity contribution in [3.8, 4) is 0 Å². The van der Waals surface area contributed by atoms with Crippen LogP contribution in [0.4, 0.5) is 0 Å². The van der Waals surface area contributed by atoms with E-state index in [1.54, 1.807) is 0 Å². The van der Waals surface area contributed by atoms with Crippen molar-refractivity contribution in [1.29, 1.82) is 0 Å². The molecule has 0 heterocycles. The van der Waals surface area contributed by atoms with Gasteiger partial charge in [-0.3, -0.25) is 0 Å². The van der Waals surface area contributed by atoms with Crippen molar-refractivity contribution in [3.63, 3.8) is 0 Å². The Labute approximate surface area is 81.5 Å². The van der Waals surface area contributed by atoms with E-state index in [2.05, 4.69) is 31.2 Å². The lowest BCUT2D eigenvalue weighted by molar-refractivity contribution is 0.431. The molecule has 0 unspecified atom stereocenters. The monoisotopic (exact) mass is 262 g/mol. The highest BCUT2D eigenvalue weighted by molar-refractivity contribution is 14.1. The fourth-order valence-electron chi connectivity index (χ4n) is 0.911. The van der Waals surface area contributed by atoms with Crippen molar-refractivity contribution in [1.82, 2.24) is 0 Å². The van der Waals surface area contributed by atoms with Gasteiger partial charge in [-0.05, 0) is 18.9 Å². The number of halogens is 1. The van der Waals surface area contributed by atoms with Crippen LogP contribution < -0.4 is 0 Å². The van der Waals surface area contributed by atoms with Gasteiger partial charge in [0.05, 0.1) is 6.61 Å². The van der Waals surface area contributed by atoms with Crippen molar-refractivity contribution in [3.05, 3.63) is 35.4 Å². The first kappa shape index (κ1) is 9.00. The average molecular weight is 262 g/mol. The van der Waals surface area contributed by atoms with Crippen molar-refractivity contribution in [2.45, 2.75) is 13.3 Å². The van der Waals surface area contributed by atoms with Crippen molar-refractivity contribution in [2.24, 2.45) is 0 Å². The maximum Gasteiger partial charge on any atom is 0.109 e. The third kappa shape index (κ3) is 3.20. The molecule has 0 N–H and O–H groups in total. The van der Waals surface area contributed by atoms with E-state index in [9.17, 15) is 0 Å².